The van der Waals surface area contributed by atoms with Crippen LogP contribution in [0.3, 0.4) is 0 Å². The number of hydrogen-bond donors (Lipinski definition) is 2. The van der Waals surface area contributed by atoms with Gasteiger partial charge in [-0.05, 0) is 37.8 Å². The Kier molecular flexibility index (Phi) is 9.02. The average molecular weight is 561 g/mol. The molecule has 1 saturated heterocycles. The third-order valence-corrected chi connectivity index (χ3v) is 7.19. The largest absolute Gasteiger partial charge is 0.474 e. The number of carbonyl (C=O) groups excluding carboxylic acids is 1. The lowest BCUT2D eigenvalue weighted by atomic mass is 9.86. The number of para-hydroxylation sites is 2. The minimum atomic E-state index is -2.81. The molecule has 216 valence electrons. The number of aliphatic hydroxyl groups is 1. The van der Waals surface area contributed by atoms with Crippen LogP contribution in [0.1, 0.15) is 37.9 Å². The van der Waals surface area contributed by atoms with Gasteiger partial charge in [0.2, 0.25) is 17.7 Å². The second kappa shape index (κ2) is 12.8. The van der Waals surface area contributed by atoms with Crippen molar-refractivity contribution in [1.82, 2.24) is 24.8 Å². The molecule has 0 radical (unpaired) electrons. The van der Waals surface area contributed by atoms with E-state index < -0.39 is 18.4 Å². The van der Waals surface area contributed by atoms with Gasteiger partial charge in [-0.2, -0.15) is 9.97 Å². The molecule has 1 aromatic carbocycles. The smallest absolute Gasteiger partial charge is 0.296 e. The number of aliphatic hydroxyl groups excluding tert-OH is 1. The number of hydrogen-bond acceptors (Lipinski definition) is 9. The Morgan fingerprint density at radius 2 is 1.90 bits per heavy atom. The number of fused-ring (bicyclic) bond motifs is 1. The zero-order valence-corrected chi connectivity index (χ0v) is 22.3. The number of nitrogens with one attached hydrogen (secondary N) is 1. The van der Waals surface area contributed by atoms with Crippen molar-refractivity contribution in [2.75, 3.05) is 51.5 Å². The number of imidazole rings is 1. The molecule has 1 amide bonds. The maximum absolute atomic E-state index is 14.1. The summed E-state index contributed by atoms with van der Waals surface area (Å²) >= 11 is 0. The first-order valence-electron chi connectivity index (χ1n) is 13.5. The second-order valence-electron chi connectivity index (χ2n) is 10.0. The summed E-state index contributed by atoms with van der Waals surface area (Å²) in [5.74, 6) is 0.222. The van der Waals surface area contributed by atoms with E-state index in [0.29, 0.717) is 69.0 Å². The Balaban J connectivity index is 1.36. The fourth-order valence-electron chi connectivity index (χ4n) is 5.14. The van der Waals surface area contributed by atoms with Crippen LogP contribution in [-0.4, -0.2) is 89.3 Å². The van der Waals surface area contributed by atoms with E-state index in [-0.39, 0.29) is 42.8 Å². The standard InChI is InChI=1S/C27H34F2N6O5/c1-38-16-18(36)15-30-26(37)17-6-8-19(9-7-17)40-23-14-22(32-27(33-23)34-10-12-39-13-11-34)35-21-5-3-2-4-20(21)31-25(35)24(28)29/h2-5,14,17-19,24,36H,6-13,15-16H2,1H3,(H,30,37)/t17-,18?,19-. The summed E-state index contributed by atoms with van der Waals surface area (Å²) < 4.78 is 46.2. The number of benzene rings is 1. The van der Waals surface area contributed by atoms with Crippen LogP contribution in [-0.2, 0) is 14.3 Å². The Morgan fingerprint density at radius 3 is 2.62 bits per heavy atom. The van der Waals surface area contributed by atoms with Crippen LogP contribution in [0.4, 0.5) is 14.7 Å². The van der Waals surface area contributed by atoms with Gasteiger partial charge in [-0.15, -0.1) is 0 Å². The number of methoxy groups -OCH3 is 1. The van der Waals surface area contributed by atoms with Gasteiger partial charge in [0.25, 0.3) is 6.43 Å². The summed E-state index contributed by atoms with van der Waals surface area (Å²) in [5, 5.41) is 12.6. The molecule has 0 spiro atoms. The number of amides is 1. The molecule has 2 N–H and O–H groups in total. The van der Waals surface area contributed by atoms with Gasteiger partial charge in [-0.3, -0.25) is 9.36 Å². The SMILES string of the molecule is COCC(O)CNC(=O)[C@H]1CC[C@H](Oc2cc(-n3c(C(F)F)nc4ccccc43)nc(N3CCOCC3)n2)CC1. The normalized spacial score (nSPS) is 20.6. The van der Waals surface area contributed by atoms with Crippen LogP contribution in [0.2, 0.25) is 0 Å². The highest BCUT2D eigenvalue weighted by molar-refractivity contribution is 5.79. The van der Waals surface area contributed by atoms with Crippen molar-refractivity contribution in [2.24, 2.45) is 5.92 Å². The molecule has 11 nitrogen and oxygen atoms in total. The van der Waals surface area contributed by atoms with E-state index in [0.717, 1.165) is 0 Å². The number of aromatic nitrogens is 4. The maximum Gasteiger partial charge on any atom is 0.296 e. The molecular weight excluding hydrogens is 526 g/mol. The summed E-state index contributed by atoms with van der Waals surface area (Å²) in [5.41, 5.74) is 0.954. The Hall–Kier alpha value is -3.42. The van der Waals surface area contributed by atoms with Gasteiger partial charge < -0.3 is 29.5 Å². The first-order chi connectivity index (χ1) is 19.4. The quantitative estimate of drug-likeness (QED) is 0.385. The highest BCUT2D eigenvalue weighted by Gasteiger charge is 2.29. The number of nitrogens with zero attached hydrogens (tertiary/aromatic N) is 5. The fraction of sp³-hybridized carbons (Fsp3) is 0.556. The van der Waals surface area contributed by atoms with Gasteiger partial charge in [0.15, 0.2) is 5.82 Å². The van der Waals surface area contributed by atoms with Crippen molar-refractivity contribution >= 4 is 22.9 Å². The van der Waals surface area contributed by atoms with Gasteiger partial charge in [0.1, 0.15) is 11.9 Å². The van der Waals surface area contributed by atoms with Gasteiger partial charge in [-0.1, -0.05) is 12.1 Å². The minimum Gasteiger partial charge on any atom is -0.474 e. The van der Waals surface area contributed by atoms with Crippen molar-refractivity contribution < 1.29 is 32.9 Å². The van der Waals surface area contributed by atoms with Gasteiger partial charge in [-0.25, -0.2) is 13.8 Å². The van der Waals surface area contributed by atoms with Crippen molar-refractivity contribution in [3.8, 4) is 11.7 Å². The molecule has 1 aliphatic heterocycles. The van der Waals surface area contributed by atoms with Gasteiger partial charge >= 0.3 is 0 Å². The molecule has 3 heterocycles. The predicted octanol–water partition coefficient (Wildman–Crippen LogP) is 2.65. The topological polar surface area (TPSA) is 124 Å². The van der Waals surface area contributed by atoms with Crippen molar-refractivity contribution in [1.29, 1.82) is 0 Å². The van der Waals surface area contributed by atoms with Crippen molar-refractivity contribution in [3.05, 3.63) is 36.2 Å². The molecule has 1 saturated carbocycles. The number of morpholine rings is 1. The Bertz CT molecular complexity index is 1290. The van der Waals surface area contributed by atoms with E-state index in [1.54, 1.807) is 30.3 Å². The van der Waals surface area contributed by atoms with E-state index >= 15 is 0 Å². The van der Waals surface area contributed by atoms with Gasteiger partial charge in [0, 0.05) is 38.7 Å². The first-order valence-corrected chi connectivity index (χ1v) is 13.5. The van der Waals surface area contributed by atoms with E-state index in [9.17, 15) is 18.7 Å². The molecule has 5 rings (SSSR count). The summed E-state index contributed by atoms with van der Waals surface area (Å²) in [4.78, 5) is 27.9. The van der Waals surface area contributed by atoms with E-state index in [1.807, 2.05) is 4.90 Å². The molecular formula is C27H34F2N6O5. The van der Waals surface area contributed by atoms with Crippen LogP contribution in [0.5, 0.6) is 5.88 Å². The summed E-state index contributed by atoms with van der Waals surface area (Å²) in [7, 11) is 1.49. The Labute approximate surface area is 230 Å². The first kappa shape index (κ1) is 28.1. The molecule has 1 aliphatic carbocycles. The number of alkyl halides is 2. The monoisotopic (exact) mass is 560 g/mol. The summed E-state index contributed by atoms with van der Waals surface area (Å²) in [6.07, 6.45) is -1.27. The van der Waals surface area contributed by atoms with Crippen LogP contribution >= 0.6 is 0 Å². The molecule has 2 aromatic heterocycles. The highest BCUT2D eigenvalue weighted by atomic mass is 19.3. The number of halogens is 2. The minimum absolute atomic E-state index is 0.0981. The van der Waals surface area contributed by atoms with E-state index in [2.05, 4.69) is 20.3 Å². The Morgan fingerprint density at radius 1 is 1.15 bits per heavy atom. The third kappa shape index (κ3) is 6.48. The lowest BCUT2D eigenvalue weighted by molar-refractivity contribution is -0.127. The predicted molar refractivity (Wildman–Crippen MR) is 142 cm³/mol. The molecule has 3 aromatic rings. The molecule has 13 heteroatoms. The van der Waals surface area contributed by atoms with Crippen LogP contribution in [0.25, 0.3) is 16.9 Å². The van der Waals surface area contributed by atoms with Gasteiger partial charge in [0.05, 0.1) is 37.0 Å². The molecule has 40 heavy (non-hydrogen) atoms. The number of carbonyl (C=O) groups is 1. The van der Waals surface area contributed by atoms with E-state index in [4.69, 9.17) is 14.2 Å². The molecule has 1 atom stereocenters. The highest BCUT2D eigenvalue weighted by Crippen LogP contribution is 2.32. The number of anilines is 1. The molecule has 1 unspecified atom stereocenters. The lowest BCUT2D eigenvalue weighted by Gasteiger charge is -2.30. The summed E-state index contributed by atoms with van der Waals surface area (Å²) in [6, 6.07) is 8.50. The van der Waals surface area contributed by atoms with Crippen LogP contribution < -0.4 is 15.0 Å². The average Bonchev–Trinajstić information content (AvgIpc) is 3.37. The van der Waals surface area contributed by atoms with Crippen LogP contribution in [0, 0.1) is 5.92 Å². The summed E-state index contributed by atoms with van der Waals surface area (Å²) in [6.45, 7) is 2.44. The van der Waals surface area contributed by atoms with Crippen molar-refractivity contribution in [2.45, 2.75) is 44.3 Å². The number of rotatable bonds is 10. The zero-order chi connectivity index (χ0) is 28.1. The fourth-order valence-corrected chi connectivity index (χ4v) is 5.14. The van der Waals surface area contributed by atoms with Crippen molar-refractivity contribution in [3.63, 3.8) is 0 Å². The number of ether oxygens (including phenoxy) is 3. The van der Waals surface area contributed by atoms with E-state index in [1.165, 1.54) is 11.7 Å². The molecule has 2 fully saturated rings. The zero-order valence-electron chi connectivity index (χ0n) is 22.3. The van der Waals surface area contributed by atoms with Crippen LogP contribution in [0.15, 0.2) is 30.3 Å². The molecule has 2 aliphatic rings. The third-order valence-electron chi connectivity index (χ3n) is 7.19. The second-order valence-corrected chi connectivity index (χ2v) is 10.0. The molecule has 0 bridgehead atoms. The lowest BCUT2D eigenvalue weighted by Crippen LogP contribution is -2.40. The maximum atomic E-state index is 14.1.